The number of morpholine rings is 1. The molecule has 1 saturated heterocycles. The van der Waals surface area contributed by atoms with E-state index in [0.717, 1.165) is 50.9 Å². The van der Waals surface area contributed by atoms with Crippen LogP contribution in [0.4, 0.5) is 11.6 Å². The Morgan fingerprint density at radius 1 is 1.17 bits per heavy atom. The highest BCUT2D eigenvalue weighted by molar-refractivity contribution is 5.59. The molecule has 0 saturated carbocycles. The Labute approximate surface area is 136 Å². The molecule has 1 unspecified atom stereocenters. The van der Waals surface area contributed by atoms with Gasteiger partial charge in [-0.3, -0.25) is 0 Å². The van der Waals surface area contributed by atoms with Gasteiger partial charge in [0, 0.05) is 31.0 Å². The second-order valence-corrected chi connectivity index (χ2v) is 6.26. The number of hydrogen-bond acceptors (Lipinski definition) is 5. The van der Waals surface area contributed by atoms with Gasteiger partial charge in [0.05, 0.1) is 25.5 Å². The number of hydrogen-bond donors (Lipinski definition) is 0. The van der Waals surface area contributed by atoms with E-state index in [9.17, 15) is 0 Å². The van der Waals surface area contributed by atoms with Crippen LogP contribution in [0.5, 0.6) is 0 Å². The van der Waals surface area contributed by atoms with Crippen molar-refractivity contribution in [1.29, 1.82) is 0 Å². The van der Waals surface area contributed by atoms with Crippen LogP contribution in [-0.4, -0.2) is 42.3 Å². The van der Waals surface area contributed by atoms with E-state index < -0.39 is 0 Å². The van der Waals surface area contributed by atoms with E-state index in [-0.39, 0.29) is 0 Å². The maximum absolute atomic E-state index is 5.41. The second kappa shape index (κ2) is 6.16. The van der Waals surface area contributed by atoms with Crippen molar-refractivity contribution in [3.05, 3.63) is 47.8 Å². The van der Waals surface area contributed by atoms with E-state index in [1.807, 2.05) is 12.3 Å². The highest BCUT2D eigenvalue weighted by atomic mass is 16.5. The number of anilines is 2. The Morgan fingerprint density at radius 3 is 2.87 bits per heavy atom. The molecule has 2 aliphatic heterocycles. The summed E-state index contributed by atoms with van der Waals surface area (Å²) in [5, 5.41) is 0. The quantitative estimate of drug-likeness (QED) is 0.870. The van der Waals surface area contributed by atoms with E-state index in [0.29, 0.717) is 6.04 Å². The number of nitrogens with zero attached hydrogens (tertiary/aromatic N) is 4. The van der Waals surface area contributed by atoms with Crippen LogP contribution in [0.15, 0.2) is 36.5 Å². The summed E-state index contributed by atoms with van der Waals surface area (Å²) < 4.78 is 5.41. The summed E-state index contributed by atoms with van der Waals surface area (Å²) >= 11 is 0. The van der Waals surface area contributed by atoms with Gasteiger partial charge in [-0.1, -0.05) is 18.2 Å². The minimum atomic E-state index is 0.509. The van der Waals surface area contributed by atoms with Crippen molar-refractivity contribution >= 4 is 11.6 Å². The molecular weight excluding hydrogens is 288 g/mol. The highest BCUT2D eigenvalue weighted by Crippen LogP contribution is 2.32. The molecule has 0 amide bonds. The lowest BCUT2D eigenvalue weighted by Crippen LogP contribution is -2.37. The van der Waals surface area contributed by atoms with Crippen LogP contribution in [0, 0.1) is 0 Å². The molecule has 1 atom stereocenters. The number of fused-ring (bicyclic) bond motifs is 1. The van der Waals surface area contributed by atoms with Crippen LogP contribution in [0.2, 0.25) is 0 Å². The number of aromatic nitrogens is 2. The van der Waals surface area contributed by atoms with Gasteiger partial charge in [-0.05, 0) is 31.0 Å². The Morgan fingerprint density at radius 2 is 2.00 bits per heavy atom. The molecule has 23 heavy (non-hydrogen) atoms. The molecule has 0 spiro atoms. The van der Waals surface area contributed by atoms with Crippen molar-refractivity contribution in [2.45, 2.75) is 25.9 Å². The first-order chi connectivity index (χ1) is 11.3. The first-order valence-electron chi connectivity index (χ1n) is 8.30. The van der Waals surface area contributed by atoms with Crippen molar-refractivity contribution in [2.75, 3.05) is 36.1 Å². The number of benzene rings is 1. The van der Waals surface area contributed by atoms with Crippen molar-refractivity contribution < 1.29 is 4.74 Å². The SMILES string of the molecule is CC1Cc2ccccc2N1Cc1ccnc(N2CCOCC2)n1. The van der Waals surface area contributed by atoms with Crippen molar-refractivity contribution in [3.63, 3.8) is 0 Å². The van der Waals surface area contributed by atoms with Crippen LogP contribution >= 0.6 is 0 Å². The molecule has 120 valence electrons. The van der Waals surface area contributed by atoms with Crippen molar-refractivity contribution in [3.8, 4) is 0 Å². The average molecular weight is 310 g/mol. The third kappa shape index (κ3) is 2.88. The van der Waals surface area contributed by atoms with Gasteiger partial charge < -0.3 is 14.5 Å². The summed E-state index contributed by atoms with van der Waals surface area (Å²) in [6, 6.07) is 11.2. The molecule has 0 N–H and O–H groups in total. The number of ether oxygens (including phenoxy) is 1. The molecule has 3 heterocycles. The maximum Gasteiger partial charge on any atom is 0.225 e. The first-order valence-corrected chi connectivity index (χ1v) is 8.30. The van der Waals surface area contributed by atoms with Crippen LogP contribution in [0.1, 0.15) is 18.2 Å². The molecule has 5 nitrogen and oxygen atoms in total. The fourth-order valence-corrected chi connectivity index (χ4v) is 3.43. The Hall–Kier alpha value is -2.14. The van der Waals surface area contributed by atoms with Gasteiger partial charge in [0.1, 0.15) is 0 Å². The number of rotatable bonds is 3. The topological polar surface area (TPSA) is 41.5 Å². The molecule has 0 bridgehead atoms. The van der Waals surface area contributed by atoms with E-state index in [1.54, 1.807) is 0 Å². The standard InChI is InChI=1S/C18H22N4O/c1-14-12-15-4-2-3-5-17(15)22(14)13-16-6-7-19-18(20-16)21-8-10-23-11-9-21/h2-7,14H,8-13H2,1H3. The molecule has 1 aromatic heterocycles. The minimum absolute atomic E-state index is 0.509. The third-order valence-corrected chi connectivity index (χ3v) is 4.68. The van der Waals surface area contributed by atoms with Gasteiger partial charge in [-0.15, -0.1) is 0 Å². The van der Waals surface area contributed by atoms with Gasteiger partial charge in [-0.25, -0.2) is 9.97 Å². The maximum atomic E-state index is 5.41. The molecule has 5 heteroatoms. The number of para-hydroxylation sites is 1. The lowest BCUT2D eigenvalue weighted by Gasteiger charge is -2.28. The highest BCUT2D eigenvalue weighted by Gasteiger charge is 2.26. The molecule has 1 fully saturated rings. The molecule has 4 rings (SSSR count). The molecule has 0 radical (unpaired) electrons. The van der Waals surface area contributed by atoms with Gasteiger partial charge >= 0.3 is 0 Å². The minimum Gasteiger partial charge on any atom is -0.378 e. The Balaban J connectivity index is 1.55. The van der Waals surface area contributed by atoms with Gasteiger partial charge in [0.25, 0.3) is 0 Å². The van der Waals surface area contributed by atoms with E-state index in [1.165, 1.54) is 11.3 Å². The Bertz CT molecular complexity index is 684. The van der Waals surface area contributed by atoms with Gasteiger partial charge in [0.15, 0.2) is 0 Å². The molecule has 1 aromatic carbocycles. The summed E-state index contributed by atoms with van der Waals surface area (Å²) in [7, 11) is 0. The second-order valence-electron chi connectivity index (χ2n) is 6.26. The zero-order valence-electron chi connectivity index (χ0n) is 13.5. The van der Waals surface area contributed by atoms with Gasteiger partial charge in [-0.2, -0.15) is 0 Å². The van der Waals surface area contributed by atoms with Crippen LogP contribution < -0.4 is 9.80 Å². The lowest BCUT2D eigenvalue weighted by atomic mass is 10.1. The lowest BCUT2D eigenvalue weighted by molar-refractivity contribution is 0.122. The molecular formula is C18H22N4O. The fraction of sp³-hybridized carbons (Fsp3) is 0.444. The monoisotopic (exact) mass is 310 g/mol. The van der Waals surface area contributed by atoms with Crippen molar-refractivity contribution in [2.24, 2.45) is 0 Å². The van der Waals surface area contributed by atoms with Crippen LogP contribution in [0.25, 0.3) is 0 Å². The molecule has 2 aliphatic rings. The van der Waals surface area contributed by atoms with Crippen molar-refractivity contribution in [1.82, 2.24) is 9.97 Å². The predicted octanol–water partition coefficient (Wildman–Crippen LogP) is 2.26. The predicted molar refractivity (Wildman–Crippen MR) is 90.9 cm³/mol. The summed E-state index contributed by atoms with van der Waals surface area (Å²) in [5.74, 6) is 0.825. The largest absolute Gasteiger partial charge is 0.378 e. The molecule has 0 aliphatic carbocycles. The smallest absolute Gasteiger partial charge is 0.225 e. The zero-order valence-corrected chi connectivity index (χ0v) is 13.5. The third-order valence-electron chi connectivity index (χ3n) is 4.68. The average Bonchev–Trinajstić information content (AvgIpc) is 2.92. The van der Waals surface area contributed by atoms with E-state index in [2.05, 4.69) is 46.0 Å². The summed E-state index contributed by atoms with van der Waals surface area (Å²) in [5.41, 5.74) is 3.85. The van der Waals surface area contributed by atoms with E-state index in [4.69, 9.17) is 9.72 Å². The van der Waals surface area contributed by atoms with Crippen LogP contribution in [-0.2, 0) is 17.7 Å². The first kappa shape index (κ1) is 14.5. The van der Waals surface area contributed by atoms with Gasteiger partial charge in [0.2, 0.25) is 5.95 Å². The zero-order chi connectivity index (χ0) is 15.6. The summed E-state index contributed by atoms with van der Waals surface area (Å²) in [6.45, 7) is 6.36. The molecule has 2 aromatic rings. The summed E-state index contributed by atoms with van der Waals surface area (Å²) in [6.07, 6.45) is 2.98. The fourth-order valence-electron chi connectivity index (χ4n) is 3.43. The van der Waals surface area contributed by atoms with E-state index >= 15 is 0 Å². The Kier molecular flexibility index (Phi) is 3.87. The normalized spacial score (nSPS) is 20.7. The van der Waals surface area contributed by atoms with Crippen LogP contribution in [0.3, 0.4) is 0 Å². The summed E-state index contributed by atoms with van der Waals surface area (Å²) in [4.78, 5) is 13.9.